The number of aromatic nitrogens is 3. The monoisotopic (exact) mass is 486 g/mol. The molecule has 0 atom stereocenters. The lowest BCUT2D eigenvalue weighted by molar-refractivity contribution is 0.0952. The number of carbonyl (C=O) groups is 1. The predicted molar refractivity (Wildman–Crippen MR) is 129 cm³/mol. The number of H-pyrrole nitrogens is 1. The second kappa shape index (κ2) is 10.8. The molecule has 0 radical (unpaired) electrons. The number of piperazine rings is 1. The van der Waals surface area contributed by atoms with Gasteiger partial charge in [-0.25, -0.2) is 4.98 Å². The molecule has 0 saturated carbocycles. The van der Waals surface area contributed by atoms with Crippen molar-refractivity contribution in [3.05, 3.63) is 86.0 Å². The van der Waals surface area contributed by atoms with Crippen LogP contribution in [0.2, 0.25) is 10.0 Å². The van der Waals surface area contributed by atoms with E-state index in [0.29, 0.717) is 48.6 Å². The maximum Gasteiger partial charge on any atom is 0.265 e. The molecule has 0 spiro atoms. The summed E-state index contributed by atoms with van der Waals surface area (Å²) in [5.41, 5.74) is 1.32. The molecule has 172 valence electrons. The van der Waals surface area contributed by atoms with E-state index in [1.807, 2.05) is 41.3 Å². The van der Waals surface area contributed by atoms with Gasteiger partial charge < -0.3 is 10.2 Å². The average molecular weight is 487 g/mol. The number of carbonyl (C=O) groups excluding carboxylic acids is 1. The molecular weight excluding hydrogens is 463 g/mol. The van der Waals surface area contributed by atoms with Gasteiger partial charge in [0.05, 0.1) is 0 Å². The summed E-state index contributed by atoms with van der Waals surface area (Å²) in [4.78, 5) is 40.4. The van der Waals surface area contributed by atoms with E-state index in [2.05, 4.69) is 25.2 Å². The Balaban J connectivity index is 1.31. The summed E-state index contributed by atoms with van der Waals surface area (Å²) in [6, 6.07) is 11.1. The maximum atomic E-state index is 12.5. The lowest BCUT2D eigenvalue weighted by atomic mass is 10.2. The number of nitrogens with zero attached hydrogens (tertiary/aromatic N) is 4. The predicted octanol–water partition coefficient (Wildman–Crippen LogP) is 2.77. The molecule has 1 aromatic carbocycles. The van der Waals surface area contributed by atoms with Crippen molar-refractivity contribution in [1.29, 1.82) is 0 Å². The highest BCUT2D eigenvalue weighted by molar-refractivity contribution is 6.35. The quantitative estimate of drug-likeness (QED) is 0.533. The van der Waals surface area contributed by atoms with Crippen LogP contribution in [0.15, 0.2) is 53.6 Å². The van der Waals surface area contributed by atoms with E-state index >= 15 is 0 Å². The first-order valence-corrected chi connectivity index (χ1v) is 11.4. The van der Waals surface area contributed by atoms with Crippen LogP contribution in [0.4, 0.5) is 5.95 Å². The van der Waals surface area contributed by atoms with Crippen molar-refractivity contribution in [2.45, 2.75) is 13.0 Å². The highest BCUT2D eigenvalue weighted by Crippen LogP contribution is 2.26. The van der Waals surface area contributed by atoms with Crippen LogP contribution in [0, 0.1) is 0 Å². The van der Waals surface area contributed by atoms with Crippen LogP contribution in [0.1, 0.15) is 21.6 Å². The van der Waals surface area contributed by atoms with Crippen LogP contribution in [0.25, 0.3) is 0 Å². The zero-order valence-corrected chi connectivity index (χ0v) is 19.4. The van der Waals surface area contributed by atoms with Gasteiger partial charge in [0.25, 0.3) is 11.5 Å². The molecule has 3 aromatic rings. The SMILES string of the molecule is O=C(NCCc1ccccn1)c1cnc(N2CCN(Cc3c(Cl)cccc3Cl)CC2)[nH]c1=O. The Morgan fingerprint density at radius 3 is 2.45 bits per heavy atom. The standard InChI is InChI=1S/C23H24Cl2N6O2/c24-19-5-3-6-20(25)18(19)15-30-10-12-31(13-11-30)23-28-14-17(22(33)29-23)21(32)27-9-7-16-4-1-2-8-26-16/h1-6,8,14H,7,9-13,15H2,(H,27,32)(H,28,29,33). The van der Waals surface area contributed by atoms with Gasteiger partial charge in [0.2, 0.25) is 5.95 Å². The molecular formula is C23H24Cl2N6O2. The van der Waals surface area contributed by atoms with E-state index < -0.39 is 11.5 Å². The molecule has 33 heavy (non-hydrogen) atoms. The summed E-state index contributed by atoms with van der Waals surface area (Å²) in [6.45, 7) is 3.94. The Labute approximate surface area is 201 Å². The van der Waals surface area contributed by atoms with Gasteiger partial charge in [-0.05, 0) is 24.3 Å². The van der Waals surface area contributed by atoms with Crippen molar-refractivity contribution in [3.63, 3.8) is 0 Å². The molecule has 3 heterocycles. The van der Waals surface area contributed by atoms with E-state index in [0.717, 1.165) is 24.3 Å². The van der Waals surface area contributed by atoms with Crippen LogP contribution < -0.4 is 15.8 Å². The van der Waals surface area contributed by atoms with E-state index in [9.17, 15) is 9.59 Å². The van der Waals surface area contributed by atoms with Crippen LogP contribution in [0.5, 0.6) is 0 Å². The molecule has 2 N–H and O–H groups in total. The molecule has 10 heteroatoms. The first-order chi connectivity index (χ1) is 16.0. The number of pyridine rings is 1. The van der Waals surface area contributed by atoms with Gasteiger partial charge in [-0.3, -0.25) is 24.5 Å². The number of anilines is 1. The number of halogens is 2. The smallest absolute Gasteiger partial charge is 0.265 e. The van der Waals surface area contributed by atoms with Gasteiger partial charge >= 0.3 is 0 Å². The summed E-state index contributed by atoms with van der Waals surface area (Å²) in [5.74, 6) is 0.00753. The second-order valence-corrected chi connectivity index (χ2v) is 8.55. The molecule has 0 bridgehead atoms. The Bertz CT molecular complexity index is 1140. The van der Waals surface area contributed by atoms with Crippen molar-refractivity contribution in [2.24, 2.45) is 0 Å². The van der Waals surface area contributed by atoms with Gasteiger partial charge in [-0.1, -0.05) is 35.3 Å². The fraction of sp³-hybridized carbons (Fsp3) is 0.304. The molecule has 0 aliphatic carbocycles. The molecule has 0 unspecified atom stereocenters. The number of amides is 1. The molecule has 1 aliphatic rings. The van der Waals surface area contributed by atoms with Crippen molar-refractivity contribution < 1.29 is 4.79 Å². The third-order valence-corrected chi connectivity index (χ3v) is 6.25. The Morgan fingerprint density at radius 1 is 1.03 bits per heavy atom. The van der Waals surface area contributed by atoms with Crippen molar-refractivity contribution >= 4 is 35.1 Å². The van der Waals surface area contributed by atoms with Gasteiger partial charge in [-0.2, -0.15) is 0 Å². The van der Waals surface area contributed by atoms with Crippen LogP contribution >= 0.6 is 23.2 Å². The minimum atomic E-state index is -0.458. The number of hydrogen-bond donors (Lipinski definition) is 2. The molecule has 1 saturated heterocycles. The number of aromatic amines is 1. The van der Waals surface area contributed by atoms with Gasteiger partial charge in [-0.15, -0.1) is 0 Å². The lowest BCUT2D eigenvalue weighted by Crippen LogP contribution is -2.47. The molecule has 1 fully saturated rings. The lowest BCUT2D eigenvalue weighted by Gasteiger charge is -2.35. The van der Waals surface area contributed by atoms with Gasteiger partial charge in [0, 0.05) is 79.4 Å². The number of rotatable bonds is 7. The number of hydrogen-bond acceptors (Lipinski definition) is 6. The Kier molecular flexibility index (Phi) is 7.59. The largest absolute Gasteiger partial charge is 0.351 e. The number of nitrogens with one attached hydrogen (secondary N) is 2. The van der Waals surface area contributed by atoms with Crippen molar-refractivity contribution in [1.82, 2.24) is 25.2 Å². The first-order valence-electron chi connectivity index (χ1n) is 10.7. The van der Waals surface area contributed by atoms with E-state index in [1.165, 1.54) is 6.20 Å². The van der Waals surface area contributed by atoms with Gasteiger partial charge in [0.1, 0.15) is 5.56 Å². The average Bonchev–Trinajstić information content (AvgIpc) is 2.82. The molecule has 1 aliphatic heterocycles. The maximum absolute atomic E-state index is 12.5. The van der Waals surface area contributed by atoms with Crippen LogP contribution in [-0.2, 0) is 13.0 Å². The minimum absolute atomic E-state index is 0.00762. The third kappa shape index (κ3) is 5.90. The fourth-order valence-electron chi connectivity index (χ4n) is 3.68. The minimum Gasteiger partial charge on any atom is -0.351 e. The first kappa shape index (κ1) is 23.2. The van der Waals surface area contributed by atoms with Crippen molar-refractivity contribution in [2.75, 3.05) is 37.6 Å². The number of benzene rings is 1. The molecule has 2 aromatic heterocycles. The third-order valence-electron chi connectivity index (χ3n) is 5.54. The summed E-state index contributed by atoms with van der Waals surface area (Å²) in [6.07, 6.45) is 3.62. The van der Waals surface area contributed by atoms with Gasteiger partial charge in [0.15, 0.2) is 0 Å². The second-order valence-electron chi connectivity index (χ2n) is 7.74. The Hall–Kier alpha value is -2.94. The normalized spacial score (nSPS) is 14.3. The Morgan fingerprint density at radius 2 is 1.79 bits per heavy atom. The summed E-state index contributed by atoms with van der Waals surface area (Å²) < 4.78 is 0. The summed E-state index contributed by atoms with van der Waals surface area (Å²) >= 11 is 12.6. The summed E-state index contributed by atoms with van der Waals surface area (Å²) in [5, 5.41) is 4.06. The molecule has 8 nitrogen and oxygen atoms in total. The van der Waals surface area contributed by atoms with Crippen LogP contribution in [-0.4, -0.2) is 58.5 Å². The zero-order valence-electron chi connectivity index (χ0n) is 17.9. The highest BCUT2D eigenvalue weighted by atomic mass is 35.5. The van der Waals surface area contributed by atoms with Crippen molar-refractivity contribution in [3.8, 4) is 0 Å². The highest BCUT2D eigenvalue weighted by Gasteiger charge is 2.21. The molecule has 4 rings (SSSR count). The summed E-state index contributed by atoms with van der Waals surface area (Å²) in [7, 11) is 0. The molecule has 1 amide bonds. The van der Waals surface area contributed by atoms with E-state index in [-0.39, 0.29) is 5.56 Å². The van der Waals surface area contributed by atoms with Crippen LogP contribution in [0.3, 0.4) is 0 Å². The fourth-order valence-corrected chi connectivity index (χ4v) is 4.20. The topological polar surface area (TPSA) is 94.2 Å². The zero-order chi connectivity index (χ0) is 23.2. The van der Waals surface area contributed by atoms with E-state index in [4.69, 9.17) is 23.2 Å². The van der Waals surface area contributed by atoms with E-state index in [1.54, 1.807) is 6.20 Å².